The van der Waals surface area contributed by atoms with Crippen LogP contribution in [0.1, 0.15) is 71.6 Å². The highest BCUT2D eigenvalue weighted by Gasteiger charge is 2.68. The second-order valence-corrected chi connectivity index (χ2v) is 9.44. The highest BCUT2D eigenvalue weighted by Crippen LogP contribution is 2.71. The van der Waals surface area contributed by atoms with Crippen molar-refractivity contribution in [3.05, 3.63) is 0 Å². The van der Waals surface area contributed by atoms with Gasteiger partial charge in [-0.1, -0.05) is 13.3 Å². The van der Waals surface area contributed by atoms with E-state index in [1.165, 1.54) is 0 Å². The van der Waals surface area contributed by atoms with Gasteiger partial charge in [-0.05, 0) is 74.5 Å². The molecule has 4 aliphatic rings. The number of rotatable bonds is 1. The molecule has 4 saturated carbocycles. The van der Waals surface area contributed by atoms with Gasteiger partial charge in [0.1, 0.15) is 5.60 Å². The summed E-state index contributed by atoms with van der Waals surface area (Å²) in [5.41, 5.74) is -1.78. The number of hydrogen-bond donors (Lipinski definition) is 2. The summed E-state index contributed by atoms with van der Waals surface area (Å²) in [5.74, 6) is -0.0312. The van der Waals surface area contributed by atoms with Gasteiger partial charge >= 0.3 is 5.97 Å². The molecule has 1 unspecified atom stereocenters. The van der Waals surface area contributed by atoms with Crippen molar-refractivity contribution in [1.29, 1.82) is 0 Å². The first-order valence-electron chi connectivity index (χ1n) is 9.16. The van der Waals surface area contributed by atoms with Crippen LogP contribution in [-0.4, -0.2) is 27.6 Å². The van der Waals surface area contributed by atoms with Gasteiger partial charge in [0, 0.05) is 6.42 Å². The first-order chi connectivity index (χ1) is 10.7. The number of carbonyl (C=O) groups excluding carboxylic acids is 1. The summed E-state index contributed by atoms with van der Waals surface area (Å²) >= 11 is 0. The van der Waals surface area contributed by atoms with E-state index in [0.717, 1.165) is 38.5 Å². The molecule has 0 amide bonds. The predicted octanol–water partition coefficient (Wildman–Crippen LogP) is 3.17. The molecule has 0 aliphatic heterocycles. The normalized spacial score (nSPS) is 55.2. The van der Waals surface area contributed by atoms with Gasteiger partial charge in [0.05, 0.1) is 5.41 Å². The lowest BCUT2D eigenvalue weighted by Gasteiger charge is -2.63. The molecule has 0 aromatic heterocycles. The van der Waals surface area contributed by atoms with E-state index >= 15 is 0 Å². The number of ketones is 1. The van der Waals surface area contributed by atoms with Gasteiger partial charge in [-0.2, -0.15) is 0 Å². The summed E-state index contributed by atoms with van der Waals surface area (Å²) in [4.78, 5) is 24.4. The second kappa shape index (κ2) is 4.38. The van der Waals surface area contributed by atoms with E-state index in [-0.39, 0.29) is 22.5 Å². The Hall–Kier alpha value is -0.900. The first-order valence-corrected chi connectivity index (χ1v) is 9.16. The number of carboxylic acids is 1. The Morgan fingerprint density at radius 1 is 1.09 bits per heavy atom. The Kier molecular flexibility index (Phi) is 2.98. The molecule has 4 aliphatic carbocycles. The molecule has 128 valence electrons. The van der Waals surface area contributed by atoms with Crippen LogP contribution in [0.15, 0.2) is 0 Å². The SMILES string of the molecule is C[C@@]12CCC[C@@](C)(C(=O)O)[C@H]1CCC13CC(=O)[C@](O)(CC[C@H]12)C3. The van der Waals surface area contributed by atoms with Crippen molar-refractivity contribution in [3.63, 3.8) is 0 Å². The number of carbonyl (C=O) groups is 2. The molecule has 2 N–H and O–H groups in total. The van der Waals surface area contributed by atoms with E-state index < -0.39 is 17.0 Å². The fraction of sp³-hybridized carbons (Fsp3) is 0.895. The second-order valence-electron chi connectivity index (χ2n) is 9.44. The highest BCUT2D eigenvalue weighted by atomic mass is 16.4. The summed E-state index contributed by atoms with van der Waals surface area (Å²) in [7, 11) is 0. The smallest absolute Gasteiger partial charge is 0.309 e. The lowest BCUT2D eigenvalue weighted by molar-refractivity contribution is -0.186. The average Bonchev–Trinajstić information content (AvgIpc) is 2.63. The maximum absolute atomic E-state index is 12.4. The van der Waals surface area contributed by atoms with Crippen molar-refractivity contribution in [2.24, 2.45) is 28.1 Å². The Morgan fingerprint density at radius 3 is 2.48 bits per heavy atom. The molecule has 0 saturated heterocycles. The van der Waals surface area contributed by atoms with Gasteiger partial charge in [-0.3, -0.25) is 9.59 Å². The number of hydrogen-bond acceptors (Lipinski definition) is 3. The number of aliphatic hydroxyl groups is 1. The fourth-order valence-electron chi connectivity index (χ4n) is 7.44. The number of Topliss-reactive ketones (excluding diaryl/α,β-unsaturated/α-hetero) is 1. The Labute approximate surface area is 137 Å². The van der Waals surface area contributed by atoms with Crippen LogP contribution in [0.4, 0.5) is 0 Å². The van der Waals surface area contributed by atoms with Gasteiger partial charge in [0.15, 0.2) is 5.78 Å². The van der Waals surface area contributed by atoms with Crippen molar-refractivity contribution in [2.75, 3.05) is 0 Å². The van der Waals surface area contributed by atoms with E-state index in [9.17, 15) is 19.8 Å². The van der Waals surface area contributed by atoms with Gasteiger partial charge in [0.2, 0.25) is 0 Å². The van der Waals surface area contributed by atoms with Gasteiger partial charge in [0.25, 0.3) is 0 Å². The molecule has 23 heavy (non-hydrogen) atoms. The van der Waals surface area contributed by atoms with Gasteiger partial charge < -0.3 is 10.2 Å². The van der Waals surface area contributed by atoms with Crippen LogP contribution in [0.5, 0.6) is 0 Å². The molecule has 4 nitrogen and oxygen atoms in total. The zero-order chi connectivity index (χ0) is 16.7. The molecule has 0 radical (unpaired) electrons. The standard InChI is InChI=1S/C19H28O4/c1-16-6-3-7-17(2,15(21)22)12(16)4-8-18-10-14(20)19(23,11-18)9-5-13(16)18/h12-13,23H,3-11H2,1-2H3,(H,21,22)/t12-,13-,16+,17+,18?,19-/m0/s1. The quantitative estimate of drug-likeness (QED) is 0.778. The zero-order valence-corrected chi connectivity index (χ0v) is 14.2. The highest BCUT2D eigenvalue weighted by molar-refractivity contribution is 5.90. The molecule has 6 atom stereocenters. The minimum Gasteiger partial charge on any atom is -0.481 e. The van der Waals surface area contributed by atoms with Crippen molar-refractivity contribution >= 4 is 11.8 Å². The Balaban J connectivity index is 1.76. The van der Waals surface area contributed by atoms with Crippen LogP contribution in [0, 0.1) is 28.1 Å². The molecular formula is C19H28O4. The topological polar surface area (TPSA) is 74.6 Å². The van der Waals surface area contributed by atoms with Crippen molar-refractivity contribution in [2.45, 2.75) is 77.2 Å². The molecular weight excluding hydrogens is 292 g/mol. The summed E-state index contributed by atoms with van der Waals surface area (Å²) in [6, 6.07) is 0. The van der Waals surface area contributed by atoms with E-state index in [2.05, 4.69) is 6.92 Å². The zero-order valence-electron chi connectivity index (χ0n) is 14.2. The van der Waals surface area contributed by atoms with Crippen molar-refractivity contribution in [3.8, 4) is 0 Å². The van der Waals surface area contributed by atoms with E-state index in [1.54, 1.807) is 0 Å². The lowest BCUT2D eigenvalue weighted by Crippen LogP contribution is -2.59. The van der Waals surface area contributed by atoms with Crippen LogP contribution in [-0.2, 0) is 9.59 Å². The lowest BCUT2D eigenvalue weighted by atomic mass is 9.41. The number of aliphatic carboxylic acids is 1. The number of fused-ring (bicyclic) bond motifs is 3. The molecule has 2 bridgehead atoms. The van der Waals surface area contributed by atoms with Crippen LogP contribution in [0.25, 0.3) is 0 Å². The minimum atomic E-state index is -1.08. The summed E-state index contributed by atoms with van der Waals surface area (Å²) in [6.07, 6.45) is 7.19. The van der Waals surface area contributed by atoms with Gasteiger partial charge in [-0.15, -0.1) is 0 Å². The molecule has 4 heteroatoms. The van der Waals surface area contributed by atoms with Crippen molar-refractivity contribution < 1.29 is 19.8 Å². The third-order valence-electron chi connectivity index (χ3n) is 8.45. The number of carboxylic acid groups (broad SMARTS) is 1. The van der Waals surface area contributed by atoms with Crippen LogP contribution in [0.2, 0.25) is 0 Å². The van der Waals surface area contributed by atoms with Gasteiger partial charge in [-0.25, -0.2) is 0 Å². The monoisotopic (exact) mass is 320 g/mol. The molecule has 0 aromatic rings. The largest absolute Gasteiger partial charge is 0.481 e. The molecule has 4 fully saturated rings. The van der Waals surface area contributed by atoms with E-state index in [0.29, 0.717) is 25.2 Å². The third kappa shape index (κ3) is 1.76. The minimum absolute atomic E-state index is 0.00438. The molecule has 4 rings (SSSR count). The summed E-state index contributed by atoms with van der Waals surface area (Å²) in [5, 5.41) is 20.5. The predicted molar refractivity (Wildman–Crippen MR) is 84.8 cm³/mol. The summed E-state index contributed by atoms with van der Waals surface area (Å²) < 4.78 is 0. The first kappa shape index (κ1) is 15.6. The molecule has 0 heterocycles. The fourth-order valence-corrected chi connectivity index (χ4v) is 7.44. The average molecular weight is 320 g/mol. The summed E-state index contributed by atoms with van der Waals surface area (Å²) in [6.45, 7) is 4.23. The van der Waals surface area contributed by atoms with Crippen LogP contribution < -0.4 is 0 Å². The van der Waals surface area contributed by atoms with E-state index in [4.69, 9.17) is 0 Å². The van der Waals surface area contributed by atoms with Crippen molar-refractivity contribution in [1.82, 2.24) is 0 Å². The molecule has 0 aromatic carbocycles. The maximum atomic E-state index is 12.4. The van der Waals surface area contributed by atoms with Crippen LogP contribution in [0.3, 0.4) is 0 Å². The third-order valence-corrected chi connectivity index (χ3v) is 8.45. The van der Waals surface area contributed by atoms with E-state index in [1.807, 2.05) is 6.92 Å². The Bertz CT molecular complexity index is 586. The van der Waals surface area contributed by atoms with Crippen LogP contribution >= 0.6 is 0 Å². The maximum Gasteiger partial charge on any atom is 0.309 e. The molecule has 1 spiro atoms. The Morgan fingerprint density at radius 2 is 1.78 bits per heavy atom.